The maximum absolute atomic E-state index is 12.0. The van der Waals surface area contributed by atoms with E-state index in [0.29, 0.717) is 41.1 Å². The van der Waals surface area contributed by atoms with E-state index in [1.165, 1.54) is 0 Å². The lowest BCUT2D eigenvalue weighted by molar-refractivity contribution is 0.0955. The Morgan fingerprint density at radius 2 is 1.78 bits per heavy atom. The molecule has 7 nitrogen and oxygen atoms in total. The van der Waals surface area contributed by atoms with Crippen molar-refractivity contribution < 1.29 is 4.79 Å². The number of hydrogen-bond acceptors (Lipinski definition) is 6. The molecular weight excluding hydrogens is 364 g/mol. The lowest BCUT2D eigenvalue weighted by Gasteiger charge is -2.08. The Balaban J connectivity index is 1.43. The second-order valence-electron chi connectivity index (χ2n) is 5.84. The summed E-state index contributed by atoms with van der Waals surface area (Å²) in [5, 5.41) is 17.7. The molecule has 3 aromatic rings. The number of carbonyl (C=O) groups excluding carboxylic acids is 1. The Morgan fingerprint density at radius 3 is 2.48 bits per heavy atom. The SMILES string of the molecule is Cc1ccc(Nc2ccc(NCCNC(=O)c3cccc(Cl)c3)nn2)nc1. The fraction of sp³-hybridized carbons (Fsp3) is 0.158. The maximum atomic E-state index is 12.0. The number of anilines is 3. The van der Waals surface area contributed by atoms with E-state index in [-0.39, 0.29) is 5.91 Å². The molecular formula is C19H19ClN6O. The van der Waals surface area contributed by atoms with Crippen molar-refractivity contribution in [2.75, 3.05) is 23.7 Å². The van der Waals surface area contributed by atoms with Crippen LogP contribution in [-0.2, 0) is 0 Å². The van der Waals surface area contributed by atoms with Crippen molar-refractivity contribution >= 4 is 35.0 Å². The number of hydrogen-bond donors (Lipinski definition) is 3. The highest BCUT2D eigenvalue weighted by atomic mass is 35.5. The van der Waals surface area contributed by atoms with E-state index in [1.807, 2.05) is 25.1 Å². The molecule has 3 N–H and O–H groups in total. The van der Waals surface area contributed by atoms with Gasteiger partial charge in [0, 0.05) is 29.9 Å². The summed E-state index contributed by atoms with van der Waals surface area (Å²) < 4.78 is 0. The normalized spacial score (nSPS) is 10.3. The smallest absolute Gasteiger partial charge is 0.251 e. The molecule has 8 heteroatoms. The van der Waals surface area contributed by atoms with E-state index >= 15 is 0 Å². The average Bonchev–Trinajstić information content (AvgIpc) is 2.68. The number of halogens is 1. The monoisotopic (exact) mass is 382 g/mol. The van der Waals surface area contributed by atoms with Crippen LogP contribution in [-0.4, -0.2) is 34.2 Å². The van der Waals surface area contributed by atoms with Gasteiger partial charge in [0.1, 0.15) is 11.6 Å². The number of carbonyl (C=O) groups is 1. The van der Waals surface area contributed by atoms with Crippen molar-refractivity contribution in [3.63, 3.8) is 0 Å². The molecule has 0 atom stereocenters. The second-order valence-corrected chi connectivity index (χ2v) is 6.28. The summed E-state index contributed by atoms with van der Waals surface area (Å²) in [5.74, 6) is 1.76. The molecule has 2 heterocycles. The van der Waals surface area contributed by atoms with Gasteiger partial charge in [0.25, 0.3) is 5.91 Å². The van der Waals surface area contributed by atoms with E-state index in [9.17, 15) is 4.79 Å². The topological polar surface area (TPSA) is 91.8 Å². The van der Waals surface area contributed by atoms with E-state index < -0.39 is 0 Å². The Labute approximate surface area is 162 Å². The third-order valence-electron chi connectivity index (χ3n) is 3.64. The molecule has 0 aliphatic heterocycles. The van der Waals surface area contributed by atoms with Gasteiger partial charge in [-0.25, -0.2) is 4.98 Å². The summed E-state index contributed by atoms with van der Waals surface area (Å²) in [6.07, 6.45) is 1.78. The molecule has 0 radical (unpaired) electrons. The van der Waals surface area contributed by atoms with Crippen LogP contribution < -0.4 is 16.0 Å². The van der Waals surface area contributed by atoms with Gasteiger partial charge in [-0.1, -0.05) is 23.7 Å². The van der Waals surface area contributed by atoms with Gasteiger partial charge in [0.15, 0.2) is 5.82 Å². The van der Waals surface area contributed by atoms with Crippen molar-refractivity contribution in [1.29, 1.82) is 0 Å². The first-order valence-corrected chi connectivity index (χ1v) is 8.79. The molecule has 2 aromatic heterocycles. The van der Waals surface area contributed by atoms with E-state index in [2.05, 4.69) is 31.1 Å². The minimum Gasteiger partial charge on any atom is -0.367 e. The van der Waals surface area contributed by atoms with Crippen LogP contribution in [0.4, 0.5) is 17.5 Å². The number of pyridine rings is 1. The summed E-state index contributed by atoms with van der Waals surface area (Å²) in [6, 6.07) is 14.3. The Kier molecular flexibility index (Phi) is 6.17. The summed E-state index contributed by atoms with van der Waals surface area (Å²) >= 11 is 5.88. The standard InChI is InChI=1S/C19H19ClN6O/c1-13-5-6-16(23-12-13)24-18-8-7-17(25-26-18)21-9-10-22-19(27)14-3-2-4-15(20)11-14/h2-8,11-12H,9-10H2,1H3,(H,21,25)(H,22,27)(H,23,24,26). The van der Waals surface area contributed by atoms with E-state index in [0.717, 1.165) is 5.56 Å². The van der Waals surface area contributed by atoms with Crippen molar-refractivity contribution in [3.8, 4) is 0 Å². The van der Waals surface area contributed by atoms with Crippen LogP contribution in [0.5, 0.6) is 0 Å². The largest absolute Gasteiger partial charge is 0.367 e. The summed E-state index contributed by atoms with van der Waals surface area (Å²) in [6.45, 7) is 2.95. The fourth-order valence-electron chi connectivity index (χ4n) is 2.26. The molecule has 138 valence electrons. The third kappa shape index (κ3) is 5.65. The highest BCUT2D eigenvalue weighted by Crippen LogP contribution is 2.13. The number of amides is 1. The summed E-state index contributed by atoms with van der Waals surface area (Å²) in [7, 11) is 0. The highest BCUT2D eigenvalue weighted by molar-refractivity contribution is 6.30. The van der Waals surface area contributed by atoms with Crippen LogP contribution in [0, 0.1) is 6.92 Å². The highest BCUT2D eigenvalue weighted by Gasteiger charge is 2.05. The first-order valence-electron chi connectivity index (χ1n) is 8.41. The zero-order valence-corrected chi connectivity index (χ0v) is 15.5. The first kappa shape index (κ1) is 18.6. The number of aryl methyl sites for hydroxylation is 1. The molecule has 0 bridgehead atoms. The van der Waals surface area contributed by atoms with Gasteiger partial charge in [-0.3, -0.25) is 4.79 Å². The molecule has 1 aromatic carbocycles. The van der Waals surface area contributed by atoms with Gasteiger partial charge in [0.2, 0.25) is 0 Å². The molecule has 0 aliphatic rings. The van der Waals surface area contributed by atoms with Crippen molar-refractivity contribution in [2.24, 2.45) is 0 Å². The molecule has 0 fully saturated rings. The van der Waals surface area contributed by atoms with Gasteiger partial charge in [-0.15, -0.1) is 10.2 Å². The van der Waals surface area contributed by atoms with Crippen molar-refractivity contribution in [3.05, 3.63) is 70.9 Å². The molecule has 3 rings (SSSR count). The quantitative estimate of drug-likeness (QED) is 0.542. The van der Waals surface area contributed by atoms with E-state index in [1.54, 1.807) is 36.5 Å². The fourth-order valence-corrected chi connectivity index (χ4v) is 2.45. The molecule has 0 unspecified atom stereocenters. The Hall–Kier alpha value is -3.19. The van der Waals surface area contributed by atoms with Crippen LogP contribution in [0.15, 0.2) is 54.7 Å². The zero-order valence-electron chi connectivity index (χ0n) is 14.7. The predicted octanol–water partition coefficient (Wildman–Crippen LogP) is 3.42. The molecule has 0 spiro atoms. The van der Waals surface area contributed by atoms with Gasteiger partial charge >= 0.3 is 0 Å². The third-order valence-corrected chi connectivity index (χ3v) is 3.87. The first-order chi connectivity index (χ1) is 13.1. The summed E-state index contributed by atoms with van der Waals surface area (Å²) in [4.78, 5) is 16.3. The summed E-state index contributed by atoms with van der Waals surface area (Å²) in [5.41, 5.74) is 1.62. The lowest BCUT2D eigenvalue weighted by atomic mass is 10.2. The second kappa shape index (κ2) is 8.95. The number of nitrogens with zero attached hydrogens (tertiary/aromatic N) is 3. The lowest BCUT2D eigenvalue weighted by Crippen LogP contribution is -2.28. The van der Waals surface area contributed by atoms with Crippen LogP contribution in [0.25, 0.3) is 0 Å². The van der Waals surface area contributed by atoms with Crippen LogP contribution in [0.3, 0.4) is 0 Å². The van der Waals surface area contributed by atoms with Crippen LogP contribution >= 0.6 is 11.6 Å². The van der Waals surface area contributed by atoms with Crippen molar-refractivity contribution in [2.45, 2.75) is 6.92 Å². The Morgan fingerprint density at radius 1 is 1.00 bits per heavy atom. The van der Waals surface area contributed by atoms with Gasteiger partial charge in [0.05, 0.1) is 0 Å². The van der Waals surface area contributed by atoms with Gasteiger partial charge in [-0.2, -0.15) is 0 Å². The zero-order chi connectivity index (χ0) is 19.1. The van der Waals surface area contributed by atoms with Gasteiger partial charge < -0.3 is 16.0 Å². The minimum atomic E-state index is -0.171. The number of aromatic nitrogens is 3. The number of nitrogens with one attached hydrogen (secondary N) is 3. The van der Waals surface area contributed by atoms with E-state index in [4.69, 9.17) is 11.6 Å². The molecule has 27 heavy (non-hydrogen) atoms. The molecule has 0 saturated carbocycles. The van der Waals surface area contributed by atoms with Crippen LogP contribution in [0.1, 0.15) is 15.9 Å². The maximum Gasteiger partial charge on any atom is 0.251 e. The molecule has 0 saturated heterocycles. The number of rotatable bonds is 7. The Bertz CT molecular complexity index is 899. The van der Waals surface area contributed by atoms with Gasteiger partial charge in [-0.05, 0) is 48.9 Å². The van der Waals surface area contributed by atoms with Crippen LogP contribution in [0.2, 0.25) is 5.02 Å². The average molecular weight is 383 g/mol. The molecule has 0 aliphatic carbocycles. The predicted molar refractivity (Wildman–Crippen MR) is 107 cm³/mol. The minimum absolute atomic E-state index is 0.171. The molecule has 1 amide bonds. The number of benzene rings is 1. The van der Waals surface area contributed by atoms with Crippen molar-refractivity contribution in [1.82, 2.24) is 20.5 Å².